The van der Waals surface area contributed by atoms with E-state index in [0.29, 0.717) is 22.9 Å². The van der Waals surface area contributed by atoms with Gasteiger partial charge < -0.3 is 10.1 Å². The molecule has 5 heteroatoms. The summed E-state index contributed by atoms with van der Waals surface area (Å²) in [5.41, 5.74) is 5.48. The van der Waals surface area contributed by atoms with Crippen LogP contribution in [0.4, 0.5) is 5.69 Å². The molecule has 3 rings (SSSR count). The van der Waals surface area contributed by atoms with Crippen LogP contribution in [0.15, 0.2) is 66.2 Å². The Balaban J connectivity index is 1.93. The highest BCUT2D eigenvalue weighted by molar-refractivity contribution is 6.31. The molecule has 1 amide bonds. The van der Waals surface area contributed by atoms with Crippen molar-refractivity contribution < 1.29 is 9.53 Å². The van der Waals surface area contributed by atoms with Crippen molar-refractivity contribution in [2.24, 2.45) is 0 Å². The number of carbonyl (C=O) groups excluding carboxylic acids is 1. The Labute approximate surface area is 187 Å². The fourth-order valence-corrected chi connectivity index (χ4v) is 3.37. The van der Waals surface area contributed by atoms with Crippen molar-refractivity contribution in [3.05, 3.63) is 99.1 Å². The lowest BCUT2D eigenvalue weighted by Gasteiger charge is -2.11. The molecule has 0 heterocycles. The topological polar surface area (TPSA) is 62.1 Å². The van der Waals surface area contributed by atoms with Crippen molar-refractivity contribution in [2.45, 2.75) is 20.3 Å². The molecule has 0 atom stereocenters. The lowest BCUT2D eigenvalue weighted by molar-refractivity contribution is -0.112. The monoisotopic (exact) mass is 430 g/mol. The number of aryl methyl sites for hydroxylation is 2. The third-order valence-corrected chi connectivity index (χ3v) is 5.49. The van der Waals surface area contributed by atoms with E-state index in [-0.39, 0.29) is 5.57 Å². The summed E-state index contributed by atoms with van der Waals surface area (Å²) in [6, 6.07) is 20.8. The van der Waals surface area contributed by atoms with E-state index in [2.05, 4.69) is 5.32 Å². The van der Waals surface area contributed by atoms with E-state index in [1.165, 1.54) is 0 Å². The normalized spacial score (nSPS) is 11.0. The summed E-state index contributed by atoms with van der Waals surface area (Å²) in [6.07, 6.45) is 2.14. The van der Waals surface area contributed by atoms with Crippen LogP contribution < -0.4 is 10.1 Å². The van der Waals surface area contributed by atoms with Gasteiger partial charge >= 0.3 is 0 Å². The zero-order valence-corrected chi connectivity index (χ0v) is 18.5. The standard InChI is InChI=1S/C26H23ClN2O2/c1-17-8-10-23(12-18(17)2)29-26(30)22(16-28)13-19-9-11-24(31-3)15-21(19)14-20-6-4-5-7-25(20)27/h4-13,15H,14H2,1-3H3,(H,29,30)/b22-13+. The second-order valence-corrected chi connectivity index (χ2v) is 7.66. The van der Waals surface area contributed by atoms with Crippen LogP contribution in [-0.4, -0.2) is 13.0 Å². The van der Waals surface area contributed by atoms with Crippen molar-refractivity contribution in [2.75, 3.05) is 12.4 Å². The van der Waals surface area contributed by atoms with Crippen molar-refractivity contribution in [3.63, 3.8) is 0 Å². The van der Waals surface area contributed by atoms with Crippen LogP contribution in [0, 0.1) is 25.2 Å². The number of anilines is 1. The first-order valence-corrected chi connectivity index (χ1v) is 10.2. The molecular weight excluding hydrogens is 408 g/mol. The first kappa shape index (κ1) is 22.1. The van der Waals surface area contributed by atoms with E-state index in [0.717, 1.165) is 27.8 Å². The average Bonchev–Trinajstić information content (AvgIpc) is 2.76. The van der Waals surface area contributed by atoms with Crippen LogP contribution >= 0.6 is 11.6 Å². The molecule has 0 aromatic heterocycles. The van der Waals surface area contributed by atoms with Gasteiger partial charge in [0.15, 0.2) is 0 Å². The minimum Gasteiger partial charge on any atom is -0.497 e. The van der Waals surface area contributed by atoms with Crippen molar-refractivity contribution in [1.29, 1.82) is 5.26 Å². The quantitative estimate of drug-likeness (QED) is 0.379. The lowest BCUT2D eigenvalue weighted by atomic mass is 9.97. The van der Waals surface area contributed by atoms with Gasteiger partial charge in [0.05, 0.1) is 7.11 Å². The Hall–Kier alpha value is -3.55. The SMILES string of the molecule is COc1ccc(/C=C(\C#N)C(=O)Nc2ccc(C)c(C)c2)c(Cc2ccccc2Cl)c1. The fourth-order valence-electron chi connectivity index (χ4n) is 3.17. The smallest absolute Gasteiger partial charge is 0.266 e. The number of benzene rings is 3. The second-order valence-electron chi connectivity index (χ2n) is 7.26. The molecular formula is C26H23ClN2O2. The first-order chi connectivity index (χ1) is 14.9. The van der Waals surface area contributed by atoms with Gasteiger partial charge in [-0.1, -0.05) is 41.9 Å². The van der Waals surface area contributed by atoms with E-state index in [4.69, 9.17) is 16.3 Å². The van der Waals surface area contributed by atoms with E-state index >= 15 is 0 Å². The van der Waals surface area contributed by atoms with Crippen LogP contribution in [0.5, 0.6) is 5.75 Å². The van der Waals surface area contributed by atoms with E-state index in [9.17, 15) is 10.1 Å². The lowest BCUT2D eigenvalue weighted by Crippen LogP contribution is -2.13. The van der Waals surface area contributed by atoms with E-state index < -0.39 is 5.91 Å². The molecule has 4 nitrogen and oxygen atoms in total. The van der Waals surface area contributed by atoms with Gasteiger partial charge in [-0.2, -0.15) is 5.26 Å². The Morgan fingerprint density at radius 2 is 1.84 bits per heavy atom. The Kier molecular flexibility index (Phi) is 7.12. The molecule has 0 aliphatic heterocycles. The summed E-state index contributed by atoms with van der Waals surface area (Å²) < 4.78 is 5.36. The number of halogens is 1. The number of nitrogens with zero attached hydrogens (tertiary/aromatic N) is 1. The Morgan fingerprint density at radius 3 is 2.52 bits per heavy atom. The van der Waals surface area contributed by atoms with Crippen molar-refractivity contribution in [1.82, 2.24) is 0 Å². The van der Waals surface area contributed by atoms with Gasteiger partial charge in [0.1, 0.15) is 17.4 Å². The largest absolute Gasteiger partial charge is 0.497 e. The summed E-state index contributed by atoms with van der Waals surface area (Å²) in [4.78, 5) is 12.7. The Morgan fingerprint density at radius 1 is 1.06 bits per heavy atom. The molecule has 0 spiro atoms. The summed E-state index contributed by atoms with van der Waals surface area (Å²) in [5, 5.41) is 13.1. The van der Waals surface area contributed by atoms with Crippen LogP contribution in [0.3, 0.4) is 0 Å². The summed E-state index contributed by atoms with van der Waals surface area (Å²) in [7, 11) is 1.60. The predicted molar refractivity (Wildman–Crippen MR) is 125 cm³/mol. The molecule has 3 aromatic carbocycles. The predicted octanol–water partition coefficient (Wildman–Crippen LogP) is 6.10. The molecule has 0 saturated heterocycles. The number of ether oxygens (including phenoxy) is 1. The summed E-state index contributed by atoms with van der Waals surface area (Å²) >= 11 is 6.33. The maximum atomic E-state index is 12.7. The molecule has 1 N–H and O–H groups in total. The highest BCUT2D eigenvalue weighted by Crippen LogP contribution is 2.26. The number of nitrogens with one attached hydrogen (secondary N) is 1. The Bertz CT molecular complexity index is 1190. The maximum Gasteiger partial charge on any atom is 0.266 e. The molecule has 0 saturated carbocycles. The number of nitriles is 1. The molecule has 156 valence electrons. The van der Waals surface area contributed by atoms with Crippen LogP contribution in [0.1, 0.15) is 27.8 Å². The summed E-state index contributed by atoms with van der Waals surface area (Å²) in [5.74, 6) is 0.238. The van der Waals surface area contributed by atoms with E-state index in [1.54, 1.807) is 19.3 Å². The number of rotatable bonds is 6. The molecule has 0 bridgehead atoms. The van der Waals surface area contributed by atoms with Gasteiger partial charge in [-0.25, -0.2) is 0 Å². The zero-order chi connectivity index (χ0) is 22.4. The number of carbonyl (C=O) groups is 1. The maximum absolute atomic E-state index is 12.7. The number of amides is 1. The van der Waals surface area contributed by atoms with Gasteiger partial charge in [0, 0.05) is 10.7 Å². The molecule has 0 unspecified atom stereocenters. The number of hydrogen-bond donors (Lipinski definition) is 1. The third kappa shape index (κ3) is 5.53. The molecule has 0 radical (unpaired) electrons. The number of hydrogen-bond acceptors (Lipinski definition) is 3. The van der Waals surface area contributed by atoms with Gasteiger partial charge in [-0.15, -0.1) is 0 Å². The fraction of sp³-hybridized carbons (Fsp3) is 0.154. The third-order valence-electron chi connectivity index (χ3n) is 5.12. The minimum atomic E-state index is -0.453. The molecule has 3 aromatic rings. The van der Waals surface area contributed by atoms with E-state index in [1.807, 2.05) is 74.5 Å². The highest BCUT2D eigenvalue weighted by atomic mass is 35.5. The van der Waals surface area contributed by atoms with Gasteiger partial charge in [0.2, 0.25) is 0 Å². The minimum absolute atomic E-state index is 0.0174. The first-order valence-electron chi connectivity index (χ1n) is 9.82. The van der Waals surface area contributed by atoms with Crippen LogP contribution in [0.2, 0.25) is 5.02 Å². The molecule has 0 aliphatic rings. The average molecular weight is 431 g/mol. The zero-order valence-electron chi connectivity index (χ0n) is 17.7. The van der Waals surface area contributed by atoms with Gasteiger partial charge in [-0.3, -0.25) is 4.79 Å². The van der Waals surface area contributed by atoms with Crippen LogP contribution in [-0.2, 0) is 11.2 Å². The van der Waals surface area contributed by atoms with Crippen molar-refractivity contribution >= 4 is 29.3 Å². The van der Waals surface area contributed by atoms with Gasteiger partial charge in [-0.05, 0) is 84.5 Å². The highest BCUT2D eigenvalue weighted by Gasteiger charge is 2.13. The summed E-state index contributed by atoms with van der Waals surface area (Å²) in [6.45, 7) is 3.98. The number of methoxy groups -OCH3 is 1. The van der Waals surface area contributed by atoms with Crippen molar-refractivity contribution in [3.8, 4) is 11.8 Å². The van der Waals surface area contributed by atoms with Gasteiger partial charge in [0.25, 0.3) is 5.91 Å². The molecule has 0 aliphatic carbocycles. The molecule has 31 heavy (non-hydrogen) atoms. The second kappa shape index (κ2) is 9.97. The molecule has 0 fully saturated rings. The van der Waals surface area contributed by atoms with Crippen LogP contribution in [0.25, 0.3) is 6.08 Å².